The highest BCUT2D eigenvalue weighted by molar-refractivity contribution is 5.48. The molecular weight excluding hydrogens is 213 g/mol. The van der Waals surface area contributed by atoms with E-state index in [0.29, 0.717) is 18.4 Å². The third-order valence-electron chi connectivity index (χ3n) is 2.77. The van der Waals surface area contributed by atoms with E-state index in [1.165, 1.54) is 25.3 Å². The number of isocyanates is 1. The Morgan fingerprint density at radius 3 is 2.75 bits per heavy atom. The number of aliphatic imine (C=N–C) groups is 1. The molecule has 5 heteroatoms. The summed E-state index contributed by atoms with van der Waals surface area (Å²) in [6, 6.07) is 2.66. The second-order valence-electron chi connectivity index (χ2n) is 3.74. The van der Waals surface area contributed by atoms with E-state index in [4.69, 9.17) is 4.74 Å². The van der Waals surface area contributed by atoms with Crippen molar-refractivity contribution in [2.45, 2.75) is 18.4 Å². The van der Waals surface area contributed by atoms with Crippen LogP contribution in [-0.4, -0.2) is 18.3 Å². The zero-order valence-electron chi connectivity index (χ0n) is 8.66. The molecule has 0 aliphatic heterocycles. The molecule has 2 rings (SSSR count). The van der Waals surface area contributed by atoms with Crippen molar-refractivity contribution in [1.82, 2.24) is 0 Å². The standard InChI is InChI=1S/C11H10FNO3/c1-16-9-5-7(4-8(12)10(9)15)11(2-3-11)13-6-14/h4-5,15H,2-3H2,1H3. The third kappa shape index (κ3) is 1.55. The number of methoxy groups -OCH3 is 1. The summed E-state index contributed by atoms with van der Waals surface area (Å²) in [5.41, 5.74) is -0.133. The Kier molecular flexibility index (Phi) is 2.40. The average Bonchev–Trinajstić information content (AvgIpc) is 3.03. The van der Waals surface area contributed by atoms with Crippen molar-refractivity contribution in [3.05, 3.63) is 23.5 Å². The van der Waals surface area contributed by atoms with Gasteiger partial charge >= 0.3 is 0 Å². The van der Waals surface area contributed by atoms with Crippen LogP contribution in [0, 0.1) is 5.82 Å². The number of rotatable bonds is 3. The maximum atomic E-state index is 13.4. The zero-order valence-corrected chi connectivity index (χ0v) is 8.66. The Hall–Kier alpha value is -1.87. The van der Waals surface area contributed by atoms with Crippen LogP contribution < -0.4 is 4.74 Å². The maximum Gasteiger partial charge on any atom is 0.235 e. The molecule has 16 heavy (non-hydrogen) atoms. The molecule has 0 saturated heterocycles. The minimum absolute atomic E-state index is 0.0439. The molecule has 1 saturated carbocycles. The molecule has 1 fully saturated rings. The fourth-order valence-electron chi connectivity index (χ4n) is 1.67. The lowest BCUT2D eigenvalue weighted by molar-refractivity contribution is 0.355. The molecule has 1 N–H and O–H groups in total. The van der Waals surface area contributed by atoms with Gasteiger partial charge in [-0.1, -0.05) is 0 Å². The number of hydrogen-bond acceptors (Lipinski definition) is 4. The monoisotopic (exact) mass is 223 g/mol. The van der Waals surface area contributed by atoms with Gasteiger partial charge < -0.3 is 9.84 Å². The van der Waals surface area contributed by atoms with Gasteiger partial charge in [0, 0.05) is 0 Å². The highest BCUT2D eigenvalue weighted by atomic mass is 19.1. The second kappa shape index (κ2) is 3.61. The van der Waals surface area contributed by atoms with Crippen molar-refractivity contribution in [2.24, 2.45) is 4.99 Å². The molecule has 1 aromatic carbocycles. The first-order valence-electron chi connectivity index (χ1n) is 4.79. The number of aromatic hydroxyl groups is 1. The van der Waals surface area contributed by atoms with Crippen molar-refractivity contribution >= 4 is 6.08 Å². The van der Waals surface area contributed by atoms with Crippen LogP contribution in [0.4, 0.5) is 4.39 Å². The largest absolute Gasteiger partial charge is 0.502 e. The van der Waals surface area contributed by atoms with Gasteiger partial charge in [-0.25, -0.2) is 9.18 Å². The van der Waals surface area contributed by atoms with E-state index in [1.807, 2.05) is 0 Å². The molecule has 84 valence electrons. The average molecular weight is 223 g/mol. The predicted molar refractivity (Wildman–Crippen MR) is 53.7 cm³/mol. The van der Waals surface area contributed by atoms with Crippen LogP contribution in [0.2, 0.25) is 0 Å². The van der Waals surface area contributed by atoms with E-state index < -0.39 is 17.1 Å². The van der Waals surface area contributed by atoms with E-state index in [9.17, 15) is 14.3 Å². The molecular formula is C11H10FNO3. The Morgan fingerprint density at radius 1 is 1.56 bits per heavy atom. The van der Waals surface area contributed by atoms with Crippen LogP contribution in [0.25, 0.3) is 0 Å². The van der Waals surface area contributed by atoms with Gasteiger partial charge in [-0.15, -0.1) is 0 Å². The van der Waals surface area contributed by atoms with Crippen LogP contribution in [0.15, 0.2) is 17.1 Å². The predicted octanol–water partition coefficient (Wildman–Crippen LogP) is 1.86. The minimum atomic E-state index is -0.776. The van der Waals surface area contributed by atoms with Gasteiger partial charge in [0.05, 0.1) is 12.6 Å². The molecule has 0 bridgehead atoms. The highest BCUT2D eigenvalue weighted by Crippen LogP contribution is 2.51. The number of hydrogen-bond donors (Lipinski definition) is 1. The first-order chi connectivity index (χ1) is 7.63. The van der Waals surface area contributed by atoms with Gasteiger partial charge in [0.15, 0.2) is 17.3 Å². The van der Waals surface area contributed by atoms with E-state index in [0.717, 1.165) is 0 Å². The SMILES string of the molecule is COc1cc(C2(N=C=O)CC2)cc(F)c1O. The molecule has 0 unspecified atom stereocenters. The van der Waals surface area contributed by atoms with Crippen LogP contribution in [0.3, 0.4) is 0 Å². The van der Waals surface area contributed by atoms with Gasteiger partial charge in [0.25, 0.3) is 0 Å². The van der Waals surface area contributed by atoms with Crippen molar-refractivity contribution in [2.75, 3.05) is 7.11 Å². The summed E-state index contributed by atoms with van der Waals surface area (Å²) in [5.74, 6) is -1.26. The van der Waals surface area contributed by atoms with Crippen molar-refractivity contribution in [3.63, 3.8) is 0 Å². The maximum absolute atomic E-state index is 13.4. The van der Waals surface area contributed by atoms with E-state index >= 15 is 0 Å². The second-order valence-corrected chi connectivity index (χ2v) is 3.74. The number of benzene rings is 1. The Bertz CT molecular complexity index is 476. The number of nitrogens with zero attached hydrogens (tertiary/aromatic N) is 1. The molecule has 0 atom stereocenters. The molecule has 0 radical (unpaired) electrons. The van der Waals surface area contributed by atoms with Crippen LogP contribution in [0.5, 0.6) is 11.5 Å². The van der Waals surface area contributed by atoms with Gasteiger partial charge in [-0.2, -0.15) is 4.99 Å². The van der Waals surface area contributed by atoms with Crippen molar-refractivity contribution < 1.29 is 19.0 Å². The Balaban J connectivity index is 2.51. The molecule has 0 heterocycles. The van der Waals surface area contributed by atoms with Crippen molar-refractivity contribution in [1.29, 1.82) is 0 Å². The number of phenolic OH excluding ortho intramolecular Hbond substituents is 1. The fraction of sp³-hybridized carbons (Fsp3) is 0.364. The first kappa shape index (κ1) is 10.6. The number of halogens is 1. The van der Waals surface area contributed by atoms with Crippen LogP contribution >= 0.6 is 0 Å². The van der Waals surface area contributed by atoms with E-state index in [-0.39, 0.29) is 5.75 Å². The summed E-state index contributed by atoms with van der Waals surface area (Å²) in [5, 5.41) is 9.33. The quantitative estimate of drug-likeness (QED) is 0.628. The Labute approximate surface area is 91.4 Å². The number of carbonyl (C=O) groups excluding carboxylic acids is 1. The zero-order chi connectivity index (χ0) is 11.8. The Morgan fingerprint density at radius 2 is 2.25 bits per heavy atom. The molecule has 1 aliphatic carbocycles. The van der Waals surface area contributed by atoms with E-state index in [2.05, 4.69) is 4.99 Å². The number of ether oxygens (including phenoxy) is 1. The first-order valence-corrected chi connectivity index (χ1v) is 4.79. The van der Waals surface area contributed by atoms with Gasteiger partial charge in [-0.05, 0) is 30.5 Å². The molecule has 1 aliphatic rings. The minimum Gasteiger partial charge on any atom is -0.502 e. The van der Waals surface area contributed by atoms with Crippen molar-refractivity contribution in [3.8, 4) is 11.5 Å². The summed E-state index contributed by atoms with van der Waals surface area (Å²) in [6.45, 7) is 0. The van der Waals surface area contributed by atoms with Crippen LogP contribution in [0.1, 0.15) is 18.4 Å². The molecule has 0 amide bonds. The lowest BCUT2D eigenvalue weighted by atomic mass is 10.0. The molecule has 0 aromatic heterocycles. The summed E-state index contributed by atoms with van der Waals surface area (Å²) >= 11 is 0. The third-order valence-corrected chi connectivity index (χ3v) is 2.77. The topological polar surface area (TPSA) is 58.9 Å². The van der Waals surface area contributed by atoms with E-state index in [1.54, 1.807) is 0 Å². The summed E-state index contributed by atoms with van der Waals surface area (Å²) in [7, 11) is 1.33. The smallest absolute Gasteiger partial charge is 0.235 e. The summed E-state index contributed by atoms with van der Waals surface area (Å²) < 4.78 is 18.2. The normalized spacial score (nSPS) is 16.4. The fourth-order valence-corrected chi connectivity index (χ4v) is 1.67. The lowest BCUT2D eigenvalue weighted by Crippen LogP contribution is -2.03. The lowest BCUT2D eigenvalue weighted by Gasteiger charge is -2.11. The summed E-state index contributed by atoms with van der Waals surface area (Å²) in [4.78, 5) is 13.9. The van der Waals surface area contributed by atoms with Crippen LogP contribution in [-0.2, 0) is 10.3 Å². The highest BCUT2D eigenvalue weighted by Gasteiger charge is 2.45. The number of phenols is 1. The summed E-state index contributed by atoms with van der Waals surface area (Å²) in [6.07, 6.45) is 2.84. The van der Waals surface area contributed by atoms with Gasteiger partial charge in [-0.3, -0.25) is 0 Å². The van der Waals surface area contributed by atoms with Gasteiger partial charge in [0.1, 0.15) is 0 Å². The molecule has 1 aromatic rings. The van der Waals surface area contributed by atoms with Gasteiger partial charge in [0.2, 0.25) is 6.08 Å². The molecule has 4 nitrogen and oxygen atoms in total. The molecule has 0 spiro atoms.